The number of hydrogen-bond acceptors (Lipinski definition) is 5. The second kappa shape index (κ2) is 12.2. The van der Waals surface area contributed by atoms with Gasteiger partial charge in [-0.3, -0.25) is 4.79 Å². The molecule has 4 rings (SSSR count). The average Bonchev–Trinajstić information content (AvgIpc) is 2.73. The molecule has 1 aromatic carbocycles. The van der Waals surface area contributed by atoms with E-state index in [2.05, 4.69) is 24.3 Å². The Labute approximate surface area is 186 Å². The number of aryl methyl sites for hydroxylation is 1. The Morgan fingerprint density at radius 2 is 2.00 bits per heavy atom. The first-order chi connectivity index (χ1) is 15.0. The molecule has 0 aliphatic carbocycles. The lowest BCUT2D eigenvalue weighted by Crippen LogP contribution is -2.55. The van der Waals surface area contributed by atoms with Gasteiger partial charge in [-0.25, -0.2) is 0 Å². The summed E-state index contributed by atoms with van der Waals surface area (Å²) in [7, 11) is 0. The third-order valence-electron chi connectivity index (χ3n) is 5.75. The highest BCUT2D eigenvalue weighted by Gasteiger charge is 2.46. The molecule has 3 aliphatic rings. The third kappa shape index (κ3) is 7.91. The molecule has 0 aromatic heterocycles. The molecule has 0 saturated carbocycles. The lowest BCUT2D eigenvalue weighted by atomic mass is 9.84. The Morgan fingerprint density at radius 3 is 2.74 bits per heavy atom. The summed E-state index contributed by atoms with van der Waals surface area (Å²) in [5.41, 5.74) is 1.24. The number of unbranched alkanes of at least 4 members (excludes halogenated alkanes) is 1. The molecule has 3 heterocycles. The van der Waals surface area contributed by atoms with Crippen molar-refractivity contribution in [3.8, 4) is 0 Å². The normalized spacial score (nSPS) is 26.3. The molecule has 5 atom stereocenters. The number of fused-ring (bicyclic) bond motifs is 2. The zero-order chi connectivity index (χ0) is 22.1. The number of rotatable bonds is 12. The molecule has 3 aliphatic heterocycles. The Kier molecular flexibility index (Phi) is 9.31. The van der Waals surface area contributed by atoms with Crippen LogP contribution < -0.4 is 0 Å². The van der Waals surface area contributed by atoms with E-state index in [1.165, 1.54) is 5.56 Å². The van der Waals surface area contributed by atoms with Gasteiger partial charge in [0.05, 0.1) is 24.4 Å². The van der Waals surface area contributed by atoms with Crippen LogP contribution in [0.2, 0.25) is 0 Å². The third-order valence-corrected chi connectivity index (χ3v) is 5.75. The molecule has 0 spiro atoms. The van der Waals surface area contributed by atoms with Gasteiger partial charge in [-0.1, -0.05) is 54.6 Å². The van der Waals surface area contributed by atoms with Gasteiger partial charge in [-0.05, 0) is 51.5 Å². The molecule has 5 nitrogen and oxygen atoms in total. The number of aliphatic hydroxyl groups is 1. The van der Waals surface area contributed by atoms with Crippen LogP contribution in [0, 0.1) is 5.92 Å². The summed E-state index contributed by atoms with van der Waals surface area (Å²) >= 11 is 0. The molecule has 170 valence electrons. The van der Waals surface area contributed by atoms with E-state index in [1.807, 2.05) is 44.2 Å². The summed E-state index contributed by atoms with van der Waals surface area (Å²) in [5, 5.41) is 10.4. The van der Waals surface area contributed by atoms with Crippen LogP contribution in [0.15, 0.2) is 54.6 Å². The lowest BCUT2D eigenvalue weighted by molar-refractivity contribution is -0.337. The fourth-order valence-electron chi connectivity index (χ4n) is 4.05. The Hall–Kier alpha value is -1.95. The first-order valence-electron chi connectivity index (χ1n) is 11.6. The quantitative estimate of drug-likeness (QED) is 0.296. The summed E-state index contributed by atoms with van der Waals surface area (Å²) in [4.78, 5) is 11.6. The fraction of sp³-hybridized carbons (Fsp3) is 0.577. The highest BCUT2D eigenvalue weighted by atomic mass is 16.7. The molecule has 0 unspecified atom stereocenters. The van der Waals surface area contributed by atoms with E-state index < -0.39 is 6.10 Å². The minimum atomic E-state index is -0.482. The van der Waals surface area contributed by atoms with Gasteiger partial charge in [0.2, 0.25) is 0 Å². The van der Waals surface area contributed by atoms with E-state index in [1.54, 1.807) is 0 Å². The average molecular weight is 429 g/mol. The summed E-state index contributed by atoms with van der Waals surface area (Å²) in [5.74, 6) is 0.124. The van der Waals surface area contributed by atoms with Crippen molar-refractivity contribution in [2.75, 3.05) is 0 Å². The van der Waals surface area contributed by atoms with E-state index in [4.69, 9.17) is 14.2 Å². The molecule has 1 aromatic rings. The maximum absolute atomic E-state index is 11.6. The number of aliphatic hydroxyl groups excluding tert-OH is 1. The molecular formula is C26H36O5. The molecule has 1 N–H and O–H groups in total. The summed E-state index contributed by atoms with van der Waals surface area (Å²) in [6.45, 7) is 3.73. The number of esters is 1. The number of benzene rings is 1. The summed E-state index contributed by atoms with van der Waals surface area (Å²) in [6.07, 6.45) is 13.2. The second-order valence-corrected chi connectivity index (χ2v) is 8.72. The fourth-order valence-corrected chi connectivity index (χ4v) is 4.05. The van der Waals surface area contributed by atoms with Gasteiger partial charge < -0.3 is 19.3 Å². The highest BCUT2D eigenvalue weighted by Crippen LogP contribution is 2.40. The van der Waals surface area contributed by atoms with Crippen LogP contribution in [0.5, 0.6) is 0 Å². The number of carbonyl (C=O) groups excluding carboxylic acids is 1. The van der Waals surface area contributed by atoms with Crippen LogP contribution in [0.1, 0.15) is 57.9 Å². The van der Waals surface area contributed by atoms with Crippen molar-refractivity contribution in [2.24, 2.45) is 5.92 Å². The van der Waals surface area contributed by atoms with Crippen LogP contribution >= 0.6 is 0 Å². The minimum absolute atomic E-state index is 0.0328. The van der Waals surface area contributed by atoms with Gasteiger partial charge in [-0.15, -0.1) is 0 Å². The SMILES string of the molecule is CC(C)OC(=O)CCCC=CC[C@H]1[C@@H]2C[C@@H](O2)O[C@@H]1C=C[C@@H](O)CCc1ccccc1. The first kappa shape index (κ1) is 23.7. The summed E-state index contributed by atoms with van der Waals surface area (Å²) in [6, 6.07) is 10.2. The second-order valence-electron chi connectivity index (χ2n) is 8.72. The van der Waals surface area contributed by atoms with E-state index in [0.29, 0.717) is 12.8 Å². The van der Waals surface area contributed by atoms with Crippen molar-refractivity contribution < 1.29 is 24.1 Å². The van der Waals surface area contributed by atoms with E-state index in [9.17, 15) is 9.90 Å². The predicted molar refractivity (Wildman–Crippen MR) is 120 cm³/mol. The van der Waals surface area contributed by atoms with Gasteiger partial charge in [0.1, 0.15) is 0 Å². The van der Waals surface area contributed by atoms with Crippen LogP contribution in [0.4, 0.5) is 0 Å². The number of allylic oxidation sites excluding steroid dienone is 2. The van der Waals surface area contributed by atoms with E-state index >= 15 is 0 Å². The molecule has 0 radical (unpaired) electrons. The van der Waals surface area contributed by atoms with Crippen molar-refractivity contribution in [3.63, 3.8) is 0 Å². The van der Waals surface area contributed by atoms with Crippen LogP contribution in [0.3, 0.4) is 0 Å². The maximum atomic E-state index is 11.6. The topological polar surface area (TPSA) is 65.0 Å². The number of ether oxygens (including phenoxy) is 3. The Balaban J connectivity index is 1.40. The number of hydrogen-bond donors (Lipinski definition) is 1. The highest BCUT2D eigenvalue weighted by molar-refractivity contribution is 5.69. The molecule has 31 heavy (non-hydrogen) atoms. The molecular weight excluding hydrogens is 392 g/mol. The summed E-state index contributed by atoms with van der Waals surface area (Å²) < 4.78 is 16.9. The monoisotopic (exact) mass is 428 g/mol. The van der Waals surface area contributed by atoms with Gasteiger partial charge in [0.25, 0.3) is 0 Å². The van der Waals surface area contributed by atoms with Crippen LogP contribution in [-0.4, -0.2) is 41.8 Å². The van der Waals surface area contributed by atoms with Crippen molar-refractivity contribution in [1.29, 1.82) is 0 Å². The zero-order valence-electron chi connectivity index (χ0n) is 18.7. The first-order valence-corrected chi connectivity index (χ1v) is 11.6. The smallest absolute Gasteiger partial charge is 0.306 e. The molecule has 3 fully saturated rings. The molecule has 5 heteroatoms. The maximum Gasteiger partial charge on any atom is 0.306 e. The standard InChI is InChI=1S/C26H36O5/c1-19(2)29-25(28)13-9-4-3-8-12-22-23(30-26-18-24(22)31-26)17-16-21(27)15-14-20-10-6-5-7-11-20/h3,5-8,10-11,16-17,19,21-24,26-27H,4,9,12-15,18H2,1-2H3/t21-,22+,23+,24-,26+/m0/s1. The van der Waals surface area contributed by atoms with Gasteiger partial charge in [-0.2, -0.15) is 0 Å². The van der Waals surface area contributed by atoms with Gasteiger partial charge in [0, 0.05) is 18.8 Å². The van der Waals surface area contributed by atoms with Crippen molar-refractivity contribution in [3.05, 3.63) is 60.2 Å². The Bertz CT molecular complexity index is 721. The van der Waals surface area contributed by atoms with E-state index in [-0.39, 0.29) is 36.5 Å². The van der Waals surface area contributed by atoms with Gasteiger partial charge in [0.15, 0.2) is 6.29 Å². The van der Waals surface area contributed by atoms with Crippen molar-refractivity contribution >= 4 is 5.97 Å². The molecule has 0 amide bonds. The van der Waals surface area contributed by atoms with Crippen LogP contribution in [-0.2, 0) is 25.4 Å². The lowest BCUT2D eigenvalue weighted by Gasteiger charge is -2.49. The Morgan fingerprint density at radius 1 is 1.23 bits per heavy atom. The predicted octanol–water partition coefficient (Wildman–Crippen LogP) is 4.73. The van der Waals surface area contributed by atoms with E-state index in [0.717, 1.165) is 32.1 Å². The zero-order valence-corrected chi connectivity index (χ0v) is 18.7. The van der Waals surface area contributed by atoms with Crippen LogP contribution in [0.25, 0.3) is 0 Å². The van der Waals surface area contributed by atoms with Crippen molar-refractivity contribution in [2.45, 2.75) is 89.5 Å². The van der Waals surface area contributed by atoms with Crippen molar-refractivity contribution in [1.82, 2.24) is 0 Å². The largest absolute Gasteiger partial charge is 0.463 e. The number of carbonyl (C=O) groups is 1. The van der Waals surface area contributed by atoms with Gasteiger partial charge >= 0.3 is 5.97 Å². The molecule has 2 bridgehead atoms. The molecule has 3 saturated heterocycles. The minimum Gasteiger partial charge on any atom is -0.463 e.